The summed E-state index contributed by atoms with van der Waals surface area (Å²) in [7, 11) is 1.86. The van der Waals surface area contributed by atoms with Crippen LogP contribution in [0.25, 0.3) is 0 Å². The van der Waals surface area contributed by atoms with E-state index in [-0.39, 0.29) is 12.1 Å². The molecular weight excluding hydrogens is 262 g/mol. The van der Waals surface area contributed by atoms with Gasteiger partial charge in [-0.3, -0.25) is 4.90 Å². The lowest BCUT2D eigenvalue weighted by Crippen LogP contribution is -2.51. The molecule has 1 fully saturated rings. The first kappa shape index (κ1) is 15.4. The summed E-state index contributed by atoms with van der Waals surface area (Å²) >= 11 is 0. The molecule has 1 aliphatic rings. The Balaban J connectivity index is 2.35. The standard InChI is InChI=1S/C15H22F2N2O/c1-10(2)19-6-7-20-14(9-18-3)15(19)11-4-5-12(16)13(17)8-11/h4-5,8,10,14-15,18H,6-7,9H2,1-3H3. The van der Waals surface area contributed by atoms with Gasteiger partial charge in [-0.05, 0) is 38.6 Å². The molecule has 0 amide bonds. The molecule has 0 aliphatic carbocycles. The van der Waals surface area contributed by atoms with Crippen molar-refractivity contribution < 1.29 is 13.5 Å². The molecule has 2 rings (SSSR count). The fourth-order valence-corrected chi connectivity index (χ4v) is 2.81. The lowest BCUT2D eigenvalue weighted by molar-refractivity contribution is -0.0816. The molecule has 1 heterocycles. The number of ether oxygens (including phenoxy) is 1. The van der Waals surface area contributed by atoms with Crippen LogP contribution in [-0.2, 0) is 4.74 Å². The molecule has 20 heavy (non-hydrogen) atoms. The van der Waals surface area contributed by atoms with Crippen molar-refractivity contribution in [2.75, 3.05) is 26.7 Å². The second-order valence-corrected chi connectivity index (χ2v) is 5.42. The normalized spacial score (nSPS) is 24.3. The van der Waals surface area contributed by atoms with Crippen LogP contribution >= 0.6 is 0 Å². The maximum Gasteiger partial charge on any atom is 0.159 e. The number of halogens is 2. The number of hydrogen-bond acceptors (Lipinski definition) is 3. The van der Waals surface area contributed by atoms with Gasteiger partial charge in [-0.25, -0.2) is 8.78 Å². The average Bonchev–Trinajstić information content (AvgIpc) is 2.42. The maximum atomic E-state index is 13.5. The van der Waals surface area contributed by atoms with E-state index >= 15 is 0 Å². The zero-order valence-electron chi connectivity index (χ0n) is 12.2. The Hall–Kier alpha value is -1.04. The third-order valence-electron chi connectivity index (χ3n) is 3.74. The Labute approximate surface area is 118 Å². The van der Waals surface area contributed by atoms with Crippen LogP contribution in [0, 0.1) is 11.6 Å². The summed E-state index contributed by atoms with van der Waals surface area (Å²) in [6.07, 6.45) is -0.0685. The van der Waals surface area contributed by atoms with Crippen molar-refractivity contribution in [3.63, 3.8) is 0 Å². The van der Waals surface area contributed by atoms with Crippen LogP contribution in [0.5, 0.6) is 0 Å². The Morgan fingerprint density at radius 3 is 2.70 bits per heavy atom. The molecule has 0 bridgehead atoms. The molecule has 5 heteroatoms. The van der Waals surface area contributed by atoms with Gasteiger partial charge in [-0.1, -0.05) is 6.07 Å². The van der Waals surface area contributed by atoms with Gasteiger partial charge in [-0.2, -0.15) is 0 Å². The first-order chi connectivity index (χ1) is 9.54. The monoisotopic (exact) mass is 284 g/mol. The molecule has 1 saturated heterocycles. The van der Waals surface area contributed by atoms with Gasteiger partial charge in [0.15, 0.2) is 11.6 Å². The van der Waals surface area contributed by atoms with E-state index in [1.54, 1.807) is 6.07 Å². The van der Waals surface area contributed by atoms with E-state index in [0.717, 1.165) is 12.1 Å². The first-order valence-corrected chi connectivity index (χ1v) is 7.01. The number of rotatable bonds is 4. The van der Waals surface area contributed by atoms with Gasteiger partial charge in [0.25, 0.3) is 0 Å². The largest absolute Gasteiger partial charge is 0.374 e. The molecule has 0 spiro atoms. The minimum absolute atomic E-state index is 0.0636. The summed E-state index contributed by atoms with van der Waals surface area (Å²) in [6, 6.07) is 4.37. The molecule has 1 aromatic carbocycles. The van der Waals surface area contributed by atoms with Crippen LogP contribution < -0.4 is 5.32 Å². The van der Waals surface area contributed by atoms with Gasteiger partial charge in [-0.15, -0.1) is 0 Å². The SMILES string of the molecule is CNCC1OCCN(C(C)C)C1c1ccc(F)c(F)c1. The van der Waals surface area contributed by atoms with Crippen LogP contribution in [0.4, 0.5) is 8.78 Å². The molecule has 1 aliphatic heterocycles. The van der Waals surface area contributed by atoms with Crippen molar-refractivity contribution in [1.82, 2.24) is 10.2 Å². The summed E-state index contributed by atoms with van der Waals surface area (Å²) < 4.78 is 32.5. The molecular formula is C15H22F2N2O. The van der Waals surface area contributed by atoms with Crippen molar-refractivity contribution in [3.05, 3.63) is 35.4 Å². The zero-order chi connectivity index (χ0) is 14.7. The van der Waals surface area contributed by atoms with Crippen molar-refractivity contribution >= 4 is 0 Å². The second kappa shape index (κ2) is 6.61. The van der Waals surface area contributed by atoms with E-state index in [1.807, 2.05) is 7.05 Å². The van der Waals surface area contributed by atoms with Gasteiger partial charge in [0.1, 0.15) is 0 Å². The third kappa shape index (κ3) is 3.16. The van der Waals surface area contributed by atoms with Crippen LogP contribution in [0.1, 0.15) is 25.5 Å². The highest BCUT2D eigenvalue weighted by molar-refractivity contribution is 5.23. The lowest BCUT2D eigenvalue weighted by Gasteiger charge is -2.43. The van der Waals surface area contributed by atoms with Crippen LogP contribution in [0.3, 0.4) is 0 Å². The van der Waals surface area contributed by atoms with Gasteiger partial charge in [0.05, 0.1) is 18.8 Å². The van der Waals surface area contributed by atoms with Crippen LogP contribution in [0.2, 0.25) is 0 Å². The van der Waals surface area contributed by atoms with Gasteiger partial charge < -0.3 is 10.1 Å². The molecule has 0 saturated carbocycles. The van der Waals surface area contributed by atoms with E-state index in [2.05, 4.69) is 24.1 Å². The predicted molar refractivity (Wildman–Crippen MR) is 74.6 cm³/mol. The van der Waals surface area contributed by atoms with Crippen molar-refractivity contribution in [3.8, 4) is 0 Å². The highest BCUT2D eigenvalue weighted by Gasteiger charge is 2.34. The zero-order valence-corrected chi connectivity index (χ0v) is 12.2. The van der Waals surface area contributed by atoms with Gasteiger partial charge in [0, 0.05) is 19.1 Å². The Kier molecular flexibility index (Phi) is 5.07. The number of nitrogens with zero attached hydrogens (tertiary/aromatic N) is 1. The number of likely N-dealkylation sites (N-methyl/N-ethyl adjacent to an activating group) is 1. The summed E-state index contributed by atoms with van der Waals surface area (Å²) in [5, 5.41) is 3.10. The first-order valence-electron chi connectivity index (χ1n) is 7.01. The summed E-state index contributed by atoms with van der Waals surface area (Å²) in [4.78, 5) is 2.28. The van der Waals surface area contributed by atoms with Crippen molar-refractivity contribution in [1.29, 1.82) is 0 Å². The maximum absolute atomic E-state index is 13.5. The van der Waals surface area contributed by atoms with E-state index in [4.69, 9.17) is 4.74 Å². The molecule has 1 N–H and O–H groups in total. The summed E-state index contributed by atoms with van der Waals surface area (Å²) in [6.45, 7) is 6.34. The smallest absolute Gasteiger partial charge is 0.159 e. The van der Waals surface area contributed by atoms with E-state index in [0.29, 0.717) is 19.2 Å². The molecule has 0 radical (unpaired) electrons. The Morgan fingerprint density at radius 2 is 2.10 bits per heavy atom. The molecule has 3 nitrogen and oxygen atoms in total. The number of nitrogens with one attached hydrogen (secondary N) is 1. The summed E-state index contributed by atoms with van der Waals surface area (Å²) in [5.74, 6) is -1.62. The lowest BCUT2D eigenvalue weighted by atomic mass is 9.96. The fraction of sp³-hybridized carbons (Fsp3) is 0.600. The fourth-order valence-electron chi connectivity index (χ4n) is 2.81. The average molecular weight is 284 g/mol. The molecule has 112 valence electrons. The van der Waals surface area contributed by atoms with Crippen molar-refractivity contribution in [2.24, 2.45) is 0 Å². The van der Waals surface area contributed by atoms with E-state index in [1.165, 1.54) is 12.1 Å². The number of hydrogen-bond donors (Lipinski definition) is 1. The molecule has 2 unspecified atom stereocenters. The van der Waals surface area contributed by atoms with Gasteiger partial charge in [0.2, 0.25) is 0 Å². The molecule has 0 aromatic heterocycles. The molecule has 1 aromatic rings. The minimum atomic E-state index is -0.813. The minimum Gasteiger partial charge on any atom is -0.374 e. The van der Waals surface area contributed by atoms with Gasteiger partial charge >= 0.3 is 0 Å². The van der Waals surface area contributed by atoms with E-state index in [9.17, 15) is 8.78 Å². The second-order valence-electron chi connectivity index (χ2n) is 5.42. The van der Waals surface area contributed by atoms with Crippen LogP contribution in [0.15, 0.2) is 18.2 Å². The molecule has 2 atom stereocenters. The van der Waals surface area contributed by atoms with Crippen LogP contribution in [-0.4, -0.2) is 43.8 Å². The predicted octanol–water partition coefficient (Wildman–Crippen LogP) is 2.33. The highest BCUT2D eigenvalue weighted by atomic mass is 19.2. The summed E-state index contributed by atoms with van der Waals surface area (Å²) in [5.41, 5.74) is 0.762. The third-order valence-corrected chi connectivity index (χ3v) is 3.74. The highest BCUT2D eigenvalue weighted by Crippen LogP contribution is 2.31. The topological polar surface area (TPSA) is 24.5 Å². The van der Waals surface area contributed by atoms with E-state index < -0.39 is 11.6 Å². The number of benzene rings is 1. The quantitative estimate of drug-likeness (QED) is 0.918. The number of morpholine rings is 1. The Bertz CT molecular complexity index is 451. The van der Waals surface area contributed by atoms with Crippen molar-refractivity contribution in [2.45, 2.75) is 32.0 Å². The Morgan fingerprint density at radius 1 is 1.35 bits per heavy atom.